The van der Waals surface area contributed by atoms with E-state index in [0.717, 1.165) is 40.9 Å². The molecule has 2 aromatic carbocycles. The number of para-hydroxylation sites is 2. The molecular formula is C26H28N4. The molecule has 4 rings (SSSR count). The zero-order valence-corrected chi connectivity index (χ0v) is 18.1. The van der Waals surface area contributed by atoms with Crippen LogP contribution in [0.25, 0.3) is 16.7 Å². The number of nitriles is 1. The Bertz CT molecular complexity index is 1230. The van der Waals surface area contributed by atoms with Crippen LogP contribution in [0.3, 0.4) is 0 Å². The van der Waals surface area contributed by atoms with Crippen molar-refractivity contribution in [1.82, 2.24) is 9.38 Å². The normalized spacial score (nSPS) is 12.4. The van der Waals surface area contributed by atoms with E-state index in [2.05, 4.69) is 73.8 Å². The average Bonchev–Trinajstić information content (AvgIpc) is 3.13. The van der Waals surface area contributed by atoms with Crippen molar-refractivity contribution in [3.63, 3.8) is 0 Å². The summed E-state index contributed by atoms with van der Waals surface area (Å²) in [5, 5.41) is 13.7. The van der Waals surface area contributed by atoms with E-state index in [-0.39, 0.29) is 6.04 Å². The van der Waals surface area contributed by atoms with Crippen molar-refractivity contribution in [2.45, 2.75) is 46.6 Å². The molecule has 0 saturated heterocycles. The number of hydrogen-bond acceptors (Lipinski definition) is 3. The maximum atomic E-state index is 9.97. The first-order valence-corrected chi connectivity index (χ1v) is 10.7. The van der Waals surface area contributed by atoms with Gasteiger partial charge in [0.15, 0.2) is 5.65 Å². The molecule has 0 aliphatic heterocycles. The molecule has 0 unspecified atom stereocenters. The molecule has 1 N–H and O–H groups in total. The first-order chi connectivity index (χ1) is 14.5. The van der Waals surface area contributed by atoms with Crippen molar-refractivity contribution in [2.75, 3.05) is 5.32 Å². The quantitative estimate of drug-likeness (QED) is 0.408. The lowest BCUT2D eigenvalue weighted by Crippen LogP contribution is -2.15. The Balaban J connectivity index is 1.98. The molecule has 4 nitrogen and oxygen atoms in total. The monoisotopic (exact) mass is 396 g/mol. The fourth-order valence-electron chi connectivity index (χ4n) is 4.11. The van der Waals surface area contributed by atoms with Crippen LogP contribution in [-0.4, -0.2) is 9.38 Å². The lowest BCUT2D eigenvalue weighted by molar-refractivity contribution is 0.585. The molecule has 0 fully saturated rings. The van der Waals surface area contributed by atoms with Crippen LogP contribution in [0.1, 0.15) is 55.5 Å². The molecule has 0 saturated carbocycles. The highest BCUT2D eigenvalue weighted by molar-refractivity contribution is 5.86. The molecule has 4 aromatic rings. The first kappa shape index (κ1) is 20.0. The average molecular weight is 397 g/mol. The second-order valence-electron chi connectivity index (χ2n) is 8.41. The highest BCUT2D eigenvalue weighted by Crippen LogP contribution is 2.34. The first-order valence-electron chi connectivity index (χ1n) is 10.7. The highest BCUT2D eigenvalue weighted by atomic mass is 15.1. The summed E-state index contributed by atoms with van der Waals surface area (Å²) < 4.78 is 2.15. The second-order valence-corrected chi connectivity index (χ2v) is 8.41. The predicted molar refractivity (Wildman–Crippen MR) is 124 cm³/mol. The Morgan fingerprint density at radius 3 is 2.43 bits per heavy atom. The highest BCUT2D eigenvalue weighted by Gasteiger charge is 2.22. The molecule has 0 aliphatic carbocycles. The van der Waals surface area contributed by atoms with Crippen LogP contribution < -0.4 is 5.32 Å². The summed E-state index contributed by atoms with van der Waals surface area (Å²) in [6.45, 7) is 8.72. The Hall–Kier alpha value is -3.32. The van der Waals surface area contributed by atoms with Gasteiger partial charge < -0.3 is 5.32 Å². The molecule has 1 atom stereocenters. The SMILES string of the molecule is Cc1c(CCC(C)C)c(N[C@@H](C)c2ccccc2)n2c(nc3ccccc32)c1C#N. The third-order valence-electron chi connectivity index (χ3n) is 5.86. The summed E-state index contributed by atoms with van der Waals surface area (Å²) in [6, 6.07) is 21.1. The molecule has 0 aliphatic rings. The fraction of sp³-hybridized carbons (Fsp3) is 0.308. The van der Waals surface area contributed by atoms with E-state index in [9.17, 15) is 5.26 Å². The van der Waals surface area contributed by atoms with Gasteiger partial charge >= 0.3 is 0 Å². The summed E-state index contributed by atoms with van der Waals surface area (Å²) in [7, 11) is 0. The van der Waals surface area contributed by atoms with Gasteiger partial charge in [-0.3, -0.25) is 4.40 Å². The summed E-state index contributed by atoms with van der Waals surface area (Å²) in [6.07, 6.45) is 1.99. The number of fused-ring (bicyclic) bond motifs is 3. The van der Waals surface area contributed by atoms with Gasteiger partial charge in [0, 0.05) is 6.04 Å². The van der Waals surface area contributed by atoms with E-state index < -0.39 is 0 Å². The smallest absolute Gasteiger partial charge is 0.157 e. The number of nitrogens with one attached hydrogen (secondary N) is 1. The Morgan fingerprint density at radius 1 is 1.03 bits per heavy atom. The number of benzene rings is 2. The van der Waals surface area contributed by atoms with E-state index in [1.165, 1.54) is 11.1 Å². The molecule has 4 heteroatoms. The maximum absolute atomic E-state index is 9.97. The second kappa shape index (κ2) is 8.20. The zero-order chi connectivity index (χ0) is 21.3. The summed E-state index contributed by atoms with van der Waals surface area (Å²) >= 11 is 0. The number of rotatable bonds is 6. The number of pyridine rings is 1. The number of imidazole rings is 1. The fourth-order valence-corrected chi connectivity index (χ4v) is 4.11. The summed E-state index contributed by atoms with van der Waals surface area (Å²) in [4.78, 5) is 4.82. The van der Waals surface area contributed by atoms with Crippen LogP contribution in [0.2, 0.25) is 0 Å². The molecule has 152 valence electrons. The van der Waals surface area contributed by atoms with E-state index in [4.69, 9.17) is 4.98 Å². The largest absolute Gasteiger partial charge is 0.364 e. The lowest BCUT2D eigenvalue weighted by Gasteiger charge is -2.23. The maximum Gasteiger partial charge on any atom is 0.157 e. The van der Waals surface area contributed by atoms with E-state index in [1.54, 1.807) is 0 Å². The van der Waals surface area contributed by atoms with Crippen LogP contribution in [0.5, 0.6) is 0 Å². The van der Waals surface area contributed by atoms with Crippen LogP contribution in [0.4, 0.5) is 5.82 Å². The number of nitrogens with zero attached hydrogens (tertiary/aromatic N) is 3. The van der Waals surface area contributed by atoms with Gasteiger partial charge in [0.05, 0.1) is 16.6 Å². The van der Waals surface area contributed by atoms with Crippen molar-refractivity contribution >= 4 is 22.5 Å². The van der Waals surface area contributed by atoms with E-state index >= 15 is 0 Å². The summed E-state index contributed by atoms with van der Waals surface area (Å²) in [5.74, 6) is 1.64. The molecule has 0 amide bonds. The number of hydrogen-bond donors (Lipinski definition) is 1. The third kappa shape index (κ3) is 3.52. The van der Waals surface area contributed by atoms with E-state index in [1.807, 2.05) is 24.3 Å². The zero-order valence-electron chi connectivity index (χ0n) is 18.1. The minimum atomic E-state index is 0.126. The van der Waals surface area contributed by atoms with Gasteiger partial charge in [-0.05, 0) is 61.4 Å². The summed E-state index contributed by atoms with van der Waals surface area (Å²) in [5.41, 5.74) is 6.80. The van der Waals surface area contributed by atoms with E-state index in [0.29, 0.717) is 11.5 Å². The minimum absolute atomic E-state index is 0.126. The number of anilines is 1. The van der Waals surface area contributed by atoms with Gasteiger partial charge in [0.2, 0.25) is 0 Å². The standard InChI is InChI=1S/C26H28N4/c1-17(2)14-15-21-18(3)22(16-27)26-29-23-12-8-9-13-24(23)30(26)25(21)28-19(4)20-10-6-5-7-11-20/h5-13,17,19,28H,14-15H2,1-4H3/t19-/m0/s1. The topological polar surface area (TPSA) is 53.1 Å². The van der Waals surface area contributed by atoms with Crippen LogP contribution in [0, 0.1) is 24.2 Å². The minimum Gasteiger partial charge on any atom is -0.364 e. The Labute approximate surface area is 178 Å². The van der Waals surface area contributed by atoms with Crippen molar-refractivity contribution < 1.29 is 0 Å². The van der Waals surface area contributed by atoms with Crippen molar-refractivity contribution in [3.8, 4) is 6.07 Å². The predicted octanol–water partition coefficient (Wildman–Crippen LogP) is 6.43. The van der Waals surface area contributed by atoms with Gasteiger partial charge in [0.25, 0.3) is 0 Å². The van der Waals surface area contributed by atoms with Crippen molar-refractivity contribution in [2.24, 2.45) is 5.92 Å². The molecular weight excluding hydrogens is 368 g/mol. The number of aromatic nitrogens is 2. The van der Waals surface area contributed by atoms with Crippen LogP contribution >= 0.6 is 0 Å². The Morgan fingerprint density at radius 2 is 1.73 bits per heavy atom. The molecule has 2 aromatic heterocycles. The van der Waals surface area contributed by atoms with Gasteiger partial charge in [-0.2, -0.15) is 5.26 Å². The van der Waals surface area contributed by atoms with Crippen molar-refractivity contribution in [1.29, 1.82) is 5.26 Å². The van der Waals surface area contributed by atoms with Gasteiger partial charge in [-0.15, -0.1) is 0 Å². The molecule has 30 heavy (non-hydrogen) atoms. The van der Waals surface area contributed by atoms with Crippen LogP contribution in [-0.2, 0) is 6.42 Å². The molecule has 2 heterocycles. The molecule has 0 bridgehead atoms. The van der Waals surface area contributed by atoms with Crippen molar-refractivity contribution in [3.05, 3.63) is 76.9 Å². The molecule has 0 radical (unpaired) electrons. The Kier molecular flexibility index (Phi) is 5.46. The van der Waals surface area contributed by atoms with Gasteiger partial charge in [-0.25, -0.2) is 4.98 Å². The third-order valence-corrected chi connectivity index (χ3v) is 5.86. The van der Waals surface area contributed by atoms with Gasteiger partial charge in [0.1, 0.15) is 11.9 Å². The lowest BCUT2D eigenvalue weighted by atomic mass is 9.96. The van der Waals surface area contributed by atoms with Gasteiger partial charge in [-0.1, -0.05) is 56.3 Å². The molecule has 0 spiro atoms. The van der Waals surface area contributed by atoms with Crippen LogP contribution in [0.15, 0.2) is 54.6 Å².